The number of nitrogens with two attached hydrogens (primary N) is 1. The van der Waals surface area contributed by atoms with Crippen LogP contribution in [0.5, 0.6) is 0 Å². The molecule has 2 rings (SSSR count). The fourth-order valence-electron chi connectivity index (χ4n) is 2.18. The van der Waals surface area contributed by atoms with Crippen LogP contribution in [0, 0.1) is 6.92 Å². The second-order valence-electron chi connectivity index (χ2n) is 4.83. The average Bonchev–Trinajstić information content (AvgIpc) is 2.37. The van der Waals surface area contributed by atoms with Crippen LogP contribution in [0.2, 0.25) is 10.0 Å². The Morgan fingerprint density at radius 3 is 2.42 bits per heavy atom. The lowest BCUT2D eigenvalue weighted by Gasteiger charge is -2.14. The van der Waals surface area contributed by atoms with Crippen molar-refractivity contribution in [1.82, 2.24) is 0 Å². The van der Waals surface area contributed by atoms with E-state index in [9.17, 15) is 0 Å². The Hall–Kier alpha value is -1.02. The maximum Gasteiger partial charge on any atom is 0.0439 e. The average molecular weight is 294 g/mol. The minimum Gasteiger partial charge on any atom is -0.327 e. The number of benzene rings is 2. The molecular formula is C16H17Cl2N. The molecule has 0 bridgehead atoms. The lowest BCUT2D eigenvalue weighted by molar-refractivity contribution is 0.663. The van der Waals surface area contributed by atoms with Gasteiger partial charge in [0.2, 0.25) is 0 Å². The zero-order chi connectivity index (χ0) is 13.8. The molecule has 2 N–H and O–H groups in total. The van der Waals surface area contributed by atoms with Crippen LogP contribution in [0.25, 0.3) is 0 Å². The van der Waals surface area contributed by atoms with Gasteiger partial charge in [-0.15, -0.1) is 0 Å². The van der Waals surface area contributed by atoms with Gasteiger partial charge in [0, 0.05) is 16.1 Å². The molecule has 0 aromatic heterocycles. The molecule has 2 aromatic rings. The molecule has 0 radical (unpaired) electrons. The molecule has 3 heteroatoms. The molecule has 0 aliphatic carbocycles. The van der Waals surface area contributed by atoms with Gasteiger partial charge in [-0.3, -0.25) is 0 Å². The zero-order valence-electron chi connectivity index (χ0n) is 10.9. The Kier molecular flexibility index (Phi) is 4.87. The molecule has 19 heavy (non-hydrogen) atoms. The number of halogens is 2. The first-order valence-corrected chi connectivity index (χ1v) is 7.06. The number of aryl methyl sites for hydroxylation is 1. The largest absolute Gasteiger partial charge is 0.327 e. The van der Waals surface area contributed by atoms with Crippen molar-refractivity contribution < 1.29 is 0 Å². The van der Waals surface area contributed by atoms with Gasteiger partial charge in [-0.05, 0) is 54.7 Å². The van der Waals surface area contributed by atoms with Crippen molar-refractivity contribution in [2.45, 2.75) is 25.8 Å². The topological polar surface area (TPSA) is 26.0 Å². The molecule has 1 nitrogen and oxygen atoms in total. The van der Waals surface area contributed by atoms with Crippen LogP contribution in [0.4, 0.5) is 0 Å². The summed E-state index contributed by atoms with van der Waals surface area (Å²) in [6, 6.07) is 13.8. The van der Waals surface area contributed by atoms with E-state index in [1.807, 2.05) is 24.3 Å². The van der Waals surface area contributed by atoms with Crippen molar-refractivity contribution in [3.05, 3.63) is 69.2 Å². The van der Waals surface area contributed by atoms with E-state index in [2.05, 4.69) is 19.1 Å². The summed E-state index contributed by atoms with van der Waals surface area (Å²) in [7, 11) is 0. The maximum absolute atomic E-state index is 6.22. The van der Waals surface area contributed by atoms with Gasteiger partial charge < -0.3 is 5.73 Å². The van der Waals surface area contributed by atoms with Crippen LogP contribution < -0.4 is 5.73 Å². The van der Waals surface area contributed by atoms with E-state index >= 15 is 0 Å². The molecule has 1 atom stereocenters. The first-order chi connectivity index (χ1) is 9.06. The Morgan fingerprint density at radius 2 is 1.68 bits per heavy atom. The number of hydrogen-bond acceptors (Lipinski definition) is 1. The van der Waals surface area contributed by atoms with Crippen molar-refractivity contribution in [2.24, 2.45) is 5.73 Å². The third-order valence-corrected chi connectivity index (χ3v) is 3.84. The van der Waals surface area contributed by atoms with Crippen molar-refractivity contribution in [3.63, 3.8) is 0 Å². The van der Waals surface area contributed by atoms with Crippen LogP contribution in [0.1, 0.15) is 16.7 Å². The molecular weight excluding hydrogens is 277 g/mol. The summed E-state index contributed by atoms with van der Waals surface area (Å²) >= 11 is 12.1. The van der Waals surface area contributed by atoms with E-state index in [1.54, 1.807) is 6.07 Å². The first kappa shape index (κ1) is 14.4. The predicted octanol–water partition coefficient (Wildman–Crippen LogP) is 4.41. The monoisotopic (exact) mass is 293 g/mol. The maximum atomic E-state index is 6.22. The molecule has 2 aromatic carbocycles. The van der Waals surface area contributed by atoms with Crippen LogP contribution in [-0.2, 0) is 12.8 Å². The van der Waals surface area contributed by atoms with Crippen LogP contribution >= 0.6 is 23.2 Å². The van der Waals surface area contributed by atoms with E-state index < -0.39 is 0 Å². The standard InChI is InChI=1S/C16H17Cl2N/c1-11-4-2-3-5-12(11)9-15(19)10-13-8-14(17)6-7-16(13)18/h2-8,15H,9-10,19H2,1H3. The van der Waals surface area contributed by atoms with Gasteiger partial charge in [-0.1, -0.05) is 47.5 Å². The van der Waals surface area contributed by atoms with E-state index in [-0.39, 0.29) is 6.04 Å². The third kappa shape index (κ3) is 3.97. The van der Waals surface area contributed by atoms with Gasteiger partial charge in [0.15, 0.2) is 0 Å². The summed E-state index contributed by atoms with van der Waals surface area (Å²) in [5.74, 6) is 0. The van der Waals surface area contributed by atoms with Gasteiger partial charge in [0.05, 0.1) is 0 Å². The fourth-order valence-corrected chi connectivity index (χ4v) is 2.57. The Morgan fingerprint density at radius 1 is 1.00 bits per heavy atom. The van der Waals surface area contributed by atoms with Crippen molar-refractivity contribution in [2.75, 3.05) is 0 Å². The third-order valence-electron chi connectivity index (χ3n) is 3.23. The normalized spacial score (nSPS) is 12.4. The summed E-state index contributed by atoms with van der Waals surface area (Å²) in [6.45, 7) is 2.11. The number of rotatable bonds is 4. The van der Waals surface area contributed by atoms with E-state index in [4.69, 9.17) is 28.9 Å². The molecule has 0 fully saturated rings. The minimum absolute atomic E-state index is 0.0390. The highest BCUT2D eigenvalue weighted by atomic mass is 35.5. The molecule has 0 aliphatic heterocycles. The highest BCUT2D eigenvalue weighted by molar-refractivity contribution is 6.33. The smallest absolute Gasteiger partial charge is 0.0439 e. The lowest BCUT2D eigenvalue weighted by atomic mass is 9.97. The van der Waals surface area contributed by atoms with Gasteiger partial charge in [-0.25, -0.2) is 0 Å². The fraction of sp³-hybridized carbons (Fsp3) is 0.250. The predicted molar refractivity (Wildman–Crippen MR) is 83.0 cm³/mol. The summed E-state index contributed by atoms with van der Waals surface area (Å²) in [5.41, 5.74) is 9.79. The Balaban J connectivity index is 2.07. The van der Waals surface area contributed by atoms with Gasteiger partial charge in [-0.2, -0.15) is 0 Å². The summed E-state index contributed by atoms with van der Waals surface area (Å²) in [4.78, 5) is 0. The molecule has 0 heterocycles. The Labute approximate surface area is 124 Å². The molecule has 100 valence electrons. The highest BCUT2D eigenvalue weighted by Crippen LogP contribution is 2.22. The molecule has 0 saturated heterocycles. The van der Waals surface area contributed by atoms with Crippen LogP contribution in [0.15, 0.2) is 42.5 Å². The molecule has 0 saturated carbocycles. The van der Waals surface area contributed by atoms with Crippen molar-refractivity contribution in [1.29, 1.82) is 0 Å². The summed E-state index contributed by atoms with van der Waals surface area (Å²) < 4.78 is 0. The van der Waals surface area contributed by atoms with Crippen LogP contribution in [0.3, 0.4) is 0 Å². The Bertz CT molecular complexity index is 566. The van der Waals surface area contributed by atoms with Gasteiger partial charge in [0.1, 0.15) is 0 Å². The minimum atomic E-state index is 0.0390. The van der Waals surface area contributed by atoms with Gasteiger partial charge in [0.25, 0.3) is 0 Å². The summed E-state index contributed by atoms with van der Waals surface area (Å²) in [5, 5.41) is 1.42. The quantitative estimate of drug-likeness (QED) is 0.887. The molecule has 0 amide bonds. The van der Waals surface area contributed by atoms with Crippen LogP contribution in [-0.4, -0.2) is 6.04 Å². The number of hydrogen-bond donors (Lipinski definition) is 1. The van der Waals surface area contributed by atoms with Crippen molar-refractivity contribution >= 4 is 23.2 Å². The molecule has 0 spiro atoms. The lowest BCUT2D eigenvalue weighted by Crippen LogP contribution is -2.26. The second-order valence-corrected chi connectivity index (χ2v) is 5.67. The molecule has 0 aliphatic rings. The summed E-state index contributed by atoms with van der Waals surface area (Å²) in [6.07, 6.45) is 1.57. The SMILES string of the molecule is Cc1ccccc1CC(N)Cc1cc(Cl)ccc1Cl. The van der Waals surface area contributed by atoms with Gasteiger partial charge >= 0.3 is 0 Å². The zero-order valence-corrected chi connectivity index (χ0v) is 12.4. The molecule has 1 unspecified atom stereocenters. The van der Waals surface area contributed by atoms with E-state index in [1.165, 1.54) is 11.1 Å². The van der Waals surface area contributed by atoms with E-state index in [0.29, 0.717) is 5.02 Å². The second kappa shape index (κ2) is 6.42. The van der Waals surface area contributed by atoms with Crippen molar-refractivity contribution in [3.8, 4) is 0 Å². The first-order valence-electron chi connectivity index (χ1n) is 6.30. The highest BCUT2D eigenvalue weighted by Gasteiger charge is 2.10. The van der Waals surface area contributed by atoms with E-state index in [0.717, 1.165) is 23.4 Å².